The van der Waals surface area contributed by atoms with Gasteiger partial charge in [-0.05, 0) is 51.2 Å². The van der Waals surface area contributed by atoms with Crippen LogP contribution in [0.25, 0.3) is 0 Å². The number of thiophene rings is 1. The maximum atomic E-state index is 12.0. The van der Waals surface area contributed by atoms with Crippen molar-refractivity contribution in [3.05, 3.63) is 28.7 Å². The maximum absolute atomic E-state index is 12.0. The van der Waals surface area contributed by atoms with Crippen molar-refractivity contribution >= 4 is 27.3 Å². The van der Waals surface area contributed by atoms with Crippen LogP contribution in [0.4, 0.5) is 0 Å². The van der Waals surface area contributed by atoms with E-state index in [2.05, 4.69) is 16.1 Å². The fraction of sp³-hybridized carbons (Fsp3) is 0.533. The first-order valence-corrected chi connectivity index (χ1v) is 9.78. The highest BCUT2D eigenvalue weighted by Gasteiger charge is 2.17. The Morgan fingerprint density at radius 3 is 2.77 bits per heavy atom. The summed E-state index contributed by atoms with van der Waals surface area (Å²) in [6.07, 6.45) is 7.81. The van der Waals surface area contributed by atoms with Crippen LogP contribution in [0.3, 0.4) is 0 Å². The molecule has 22 heavy (non-hydrogen) atoms. The minimum absolute atomic E-state index is 0.224. The number of carbonyl (C=O) groups excluding carboxylic acids is 1. The molecule has 0 spiro atoms. The van der Waals surface area contributed by atoms with Gasteiger partial charge in [-0.2, -0.15) is 0 Å². The van der Waals surface area contributed by atoms with E-state index >= 15 is 0 Å². The van der Waals surface area contributed by atoms with Crippen molar-refractivity contribution in [1.29, 1.82) is 0 Å². The van der Waals surface area contributed by atoms with Crippen LogP contribution in [0.15, 0.2) is 28.0 Å². The van der Waals surface area contributed by atoms with E-state index in [0.717, 1.165) is 24.1 Å². The third-order valence-corrected chi connectivity index (χ3v) is 6.45. The first-order chi connectivity index (χ1) is 10.5. The van der Waals surface area contributed by atoms with Crippen LogP contribution in [-0.2, 0) is 14.8 Å². The van der Waals surface area contributed by atoms with Gasteiger partial charge in [0, 0.05) is 11.4 Å². The molecule has 0 saturated carbocycles. The van der Waals surface area contributed by atoms with Crippen molar-refractivity contribution < 1.29 is 13.2 Å². The quantitative estimate of drug-likeness (QED) is 0.747. The van der Waals surface area contributed by atoms with Crippen molar-refractivity contribution in [3.8, 4) is 0 Å². The molecule has 0 atom stereocenters. The summed E-state index contributed by atoms with van der Waals surface area (Å²) in [4.78, 5) is 12.6. The summed E-state index contributed by atoms with van der Waals surface area (Å²) in [7, 11) is -3.58. The number of aryl methyl sites for hydroxylation is 1. The van der Waals surface area contributed by atoms with Gasteiger partial charge in [-0.25, -0.2) is 13.1 Å². The summed E-state index contributed by atoms with van der Waals surface area (Å²) in [5, 5.41) is 2.76. The van der Waals surface area contributed by atoms with E-state index < -0.39 is 10.0 Å². The highest BCUT2D eigenvalue weighted by molar-refractivity contribution is 7.91. The summed E-state index contributed by atoms with van der Waals surface area (Å²) in [6, 6.07) is 3.30. The minimum atomic E-state index is -3.58. The Morgan fingerprint density at radius 1 is 1.32 bits per heavy atom. The molecule has 0 aliphatic heterocycles. The molecule has 7 heteroatoms. The molecular formula is C15H22N2O3S2. The number of carbonyl (C=O) groups is 1. The molecule has 0 saturated heterocycles. The standard InChI is InChI=1S/C15H22N2O3S2/c1-12-7-8-15(21-12)22(19,20)17-11-14(18)16-10-9-13-5-3-2-4-6-13/h5,7-8,17H,2-4,6,9-11H2,1H3,(H,16,18). The molecule has 1 aliphatic rings. The summed E-state index contributed by atoms with van der Waals surface area (Å²) in [5.74, 6) is -0.298. The molecule has 1 aliphatic carbocycles. The largest absolute Gasteiger partial charge is 0.355 e. The van der Waals surface area contributed by atoms with Crippen LogP contribution in [0.1, 0.15) is 37.0 Å². The number of rotatable bonds is 7. The number of amides is 1. The van der Waals surface area contributed by atoms with Crippen LogP contribution in [0.5, 0.6) is 0 Å². The van der Waals surface area contributed by atoms with Gasteiger partial charge in [-0.1, -0.05) is 11.6 Å². The molecule has 5 nitrogen and oxygen atoms in total. The van der Waals surface area contributed by atoms with Gasteiger partial charge in [-0.3, -0.25) is 4.79 Å². The molecule has 0 radical (unpaired) electrons. The molecule has 0 aromatic carbocycles. The summed E-state index contributed by atoms with van der Waals surface area (Å²) in [5.41, 5.74) is 1.39. The Hall–Kier alpha value is -1.18. The van der Waals surface area contributed by atoms with E-state index in [1.54, 1.807) is 12.1 Å². The lowest BCUT2D eigenvalue weighted by Gasteiger charge is -2.13. The zero-order chi connectivity index (χ0) is 16.0. The van der Waals surface area contributed by atoms with E-state index in [9.17, 15) is 13.2 Å². The van der Waals surface area contributed by atoms with Crippen LogP contribution in [0.2, 0.25) is 0 Å². The molecule has 1 heterocycles. The van der Waals surface area contributed by atoms with Gasteiger partial charge in [0.15, 0.2) is 0 Å². The van der Waals surface area contributed by atoms with Gasteiger partial charge in [0.2, 0.25) is 5.91 Å². The molecule has 122 valence electrons. The third kappa shape index (κ3) is 5.23. The fourth-order valence-electron chi connectivity index (χ4n) is 2.34. The van der Waals surface area contributed by atoms with Gasteiger partial charge < -0.3 is 5.32 Å². The molecule has 0 unspecified atom stereocenters. The van der Waals surface area contributed by atoms with E-state index in [1.165, 1.54) is 29.8 Å². The lowest BCUT2D eigenvalue weighted by Crippen LogP contribution is -2.37. The monoisotopic (exact) mass is 342 g/mol. The number of hydrogen-bond donors (Lipinski definition) is 2. The van der Waals surface area contributed by atoms with Crippen molar-refractivity contribution in [2.75, 3.05) is 13.1 Å². The molecule has 0 bridgehead atoms. The zero-order valence-corrected chi connectivity index (χ0v) is 14.4. The lowest BCUT2D eigenvalue weighted by atomic mass is 9.97. The van der Waals surface area contributed by atoms with Crippen molar-refractivity contribution in [3.63, 3.8) is 0 Å². The van der Waals surface area contributed by atoms with Gasteiger partial charge in [0.05, 0.1) is 6.54 Å². The molecule has 1 aromatic heterocycles. The van der Waals surface area contributed by atoms with Crippen LogP contribution in [0, 0.1) is 6.92 Å². The smallest absolute Gasteiger partial charge is 0.250 e. The van der Waals surface area contributed by atoms with Crippen LogP contribution >= 0.6 is 11.3 Å². The Morgan fingerprint density at radius 2 is 2.14 bits per heavy atom. The zero-order valence-electron chi connectivity index (χ0n) is 12.7. The highest BCUT2D eigenvalue weighted by atomic mass is 32.2. The molecule has 1 aromatic rings. The summed E-state index contributed by atoms with van der Waals surface area (Å²) < 4.78 is 26.5. The second kappa shape index (κ2) is 7.89. The first-order valence-electron chi connectivity index (χ1n) is 7.48. The van der Waals surface area contributed by atoms with Crippen molar-refractivity contribution in [2.24, 2.45) is 0 Å². The van der Waals surface area contributed by atoms with Gasteiger partial charge in [-0.15, -0.1) is 11.3 Å². The number of nitrogens with one attached hydrogen (secondary N) is 2. The normalized spacial score (nSPS) is 15.4. The molecule has 0 fully saturated rings. The SMILES string of the molecule is Cc1ccc(S(=O)(=O)NCC(=O)NCCC2=CCCCC2)s1. The number of sulfonamides is 1. The Kier molecular flexibility index (Phi) is 6.16. The fourth-order valence-corrected chi connectivity index (χ4v) is 4.65. The second-order valence-electron chi connectivity index (χ2n) is 5.40. The molecule has 2 N–H and O–H groups in total. The Balaban J connectivity index is 1.72. The van der Waals surface area contributed by atoms with E-state index in [1.807, 2.05) is 6.92 Å². The van der Waals surface area contributed by atoms with Gasteiger partial charge in [0.1, 0.15) is 4.21 Å². The van der Waals surface area contributed by atoms with Crippen molar-refractivity contribution in [1.82, 2.24) is 10.0 Å². The van der Waals surface area contributed by atoms with Crippen molar-refractivity contribution in [2.45, 2.75) is 43.2 Å². The third-order valence-electron chi connectivity index (χ3n) is 3.56. The Labute approximate surface area is 135 Å². The molecule has 1 amide bonds. The van der Waals surface area contributed by atoms with Gasteiger partial charge >= 0.3 is 0 Å². The number of hydrogen-bond acceptors (Lipinski definition) is 4. The molecular weight excluding hydrogens is 320 g/mol. The molecule has 2 rings (SSSR count). The average Bonchev–Trinajstić information content (AvgIpc) is 2.94. The van der Waals surface area contributed by atoms with Gasteiger partial charge in [0.25, 0.3) is 10.0 Å². The van der Waals surface area contributed by atoms with Crippen LogP contribution < -0.4 is 10.0 Å². The van der Waals surface area contributed by atoms with E-state index in [-0.39, 0.29) is 16.7 Å². The topological polar surface area (TPSA) is 75.3 Å². The predicted molar refractivity (Wildman–Crippen MR) is 88.4 cm³/mol. The highest BCUT2D eigenvalue weighted by Crippen LogP contribution is 2.20. The number of allylic oxidation sites excluding steroid dienone is 1. The first kappa shape index (κ1) is 17.2. The maximum Gasteiger partial charge on any atom is 0.250 e. The Bertz CT molecular complexity index is 647. The lowest BCUT2D eigenvalue weighted by molar-refractivity contribution is -0.119. The summed E-state index contributed by atoms with van der Waals surface area (Å²) >= 11 is 1.19. The predicted octanol–water partition coefficient (Wildman–Crippen LogP) is 2.34. The van der Waals surface area contributed by atoms with E-state index in [4.69, 9.17) is 0 Å². The second-order valence-corrected chi connectivity index (χ2v) is 8.68. The average molecular weight is 342 g/mol. The van der Waals surface area contributed by atoms with Crippen LogP contribution in [-0.4, -0.2) is 27.4 Å². The minimum Gasteiger partial charge on any atom is -0.355 e. The summed E-state index contributed by atoms with van der Waals surface area (Å²) in [6.45, 7) is 2.18. The van der Waals surface area contributed by atoms with E-state index in [0.29, 0.717) is 6.54 Å².